The maximum Gasteiger partial charge on any atom is 0.407 e. The van der Waals surface area contributed by atoms with Gasteiger partial charge >= 0.3 is 6.09 Å². The van der Waals surface area contributed by atoms with Crippen molar-refractivity contribution in [3.05, 3.63) is 95.6 Å². The van der Waals surface area contributed by atoms with Crippen LogP contribution in [-0.2, 0) is 9.53 Å². The van der Waals surface area contributed by atoms with Crippen LogP contribution in [0.2, 0.25) is 0 Å². The van der Waals surface area contributed by atoms with E-state index < -0.39 is 18.1 Å². The molecular weight excluding hydrogens is 354 g/mol. The fourth-order valence-electron chi connectivity index (χ4n) is 3.68. The second kappa shape index (κ2) is 7.56. The number of amides is 1. The standard InChI is InChI=1S/C23H19NO4/c25-22(26)21(15-8-2-1-3-9-15)24-23(27)28-14-20-18-12-6-4-10-16(18)17-11-5-7-13-19(17)20/h1-13,20-21H,14H2,(H,24,27)(H,25,26)/p-1/t21-/m0/s1. The van der Waals surface area contributed by atoms with E-state index in [1.807, 2.05) is 36.4 Å². The number of carbonyl (C=O) groups excluding carboxylic acids is 2. The zero-order valence-electron chi connectivity index (χ0n) is 15.0. The van der Waals surface area contributed by atoms with Gasteiger partial charge in [-0.1, -0.05) is 78.9 Å². The molecule has 3 aromatic carbocycles. The van der Waals surface area contributed by atoms with Crippen LogP contribution in [0.3, 0.4) is 0 Å². The van der Waals surface area contributed by atoms with E-state index in [2.05, 4.69) is 17.4 Å². The Labute approximate surface area is 162 Å². The summed E-state index contributed by atoms with van der Waals surface area (Å²) in [7, 11) is 0. The van der Waals surface area contributed by atoms with Crippen molar-refractivity contribution in [2.24, 2.45) is 0 Å². The average Bonchev–Trinajstić information content (AvgIpc) is 3.05. The minimum absolute atomic E-state index is 0.0868. The van der Waals surface area contributed by atoms with Gasteiger partial charge in [-0.25, -0.2) is 4.79 Å². The third-order valence-corrected chi connectivity index (χ3v) is 4.97. The smallest absolute Gasteiger partial charge is 0.407 e. The minimum atomic E-state index is -1.39. The van der Waals surface area contributed by atoms with Crippen LogP contribution < -0.4 is 10.4 Å². The largest absolute Gasteiger partial charge is 0.548 e. The Bertz CT molecular complexity index is 970. The van der Waals surface area contributed by atoms with Crippen LogP contribution in [0.1, 0.15) is 28.7 Å². The van der Waals surface area contributed by atoms with Gasteiger partial charge in [0.05, 0.1) is 12.0 Å². The number of fused-ring (bicyclic) bond motifs is 3. The fraction of sp³-hybridized carbons (Fsp3) is 0.130. The van der Waals surface area contributed by atoms with Crippen molar-refractivity contribution in [2.75, 3.05) is 6.61 Å². The second-order valence-electron chi connectivity index (χ2n) is 6.63. The van der Waals surface area contributed by atoms with Gasteiger partial charge in [0.1, 0.15) is 6.61 Å². The topological polar surface area (TPSA) is 78.5 Å². The number of carboxylic acids is 1. The summed E-state index contributed by atoms with van der Waals surface area (Å²) in [6.07, 6.45) is -0.792. The lowest BCUT2D eigenvalue weighted by Crippen LogP contribution is -2.41. The predicted molar refractivity (Wildman–Crippen MR) is 102 cm³/mol. The molecule has 0 saturated carbocycles. The van der Waals surface area contributed by atoms with Crippen LogP contribution in [0.25, 0.3) is 11.1 Å². The average molecular weight is 372 g/mol. The summed E-state index contributed by atoms with van der Waals surface area (Å²) in [6.45, 7) is 0.119. The molecule has 0 aliphatic heterocycles. The van der Waals surface area contributed by atoms with Gasteiger partial charge < -0.3 is 20.0 Å². The van der Waals surface area contributed by atoms with Crippen molar-refractivity contribution in [3.8, 4) is 11.1 Å². The summed E-state index contributed by atoms with van der Waals surface area (Å²) < 4.78 is 5.40. The maximum atomic E-state index is 12.3. The van der Waals surface area contributed by atoms with E-state index in [0.29, 0.717) is 5.56 Å². The molecule has 4 rings (SSSR count). The van der Waals surface area contributed by atoms with Gasteiger partial charge in [0.25, 0.3) is 0 Å². The first kappa shape index (κ1) is 17.8. The first-order chi connectivity index (χ1) is 13.6. The zero-order valence-corrected chi connectivity index (χ0v) is 15.0. The van der Waals surface area contributed by atoms with Crippen LogP contribution in [0.5, 0.6) is 0 Å². The molecule has 140 valence electrons. The van der Waals surface area contributed by atoms with Crippen molar-refractivity contribution < 1.29 is 19.4 Å². The molecule has 5 nitrogen and oxygen atoms in total. The number of rotatable bonds is 5. The lowest BCUT2D eigenvalue weighted by atomic mass is 9.98. The Morgan fingerprint density at radius 2 is 1.39 bits per heavy atom. The van der Waals surface area contributed by atoms with E-state index in [1.54, 1.807) is 30.3 Å². The van der Waals surface area contributed by atoms with Gasteiger partial charge in [0, 0.05) is 5.92 Å². The van der Waals surface area contributed by atoms with Gasteiger partial charge in [-0.3, -0.25) is 0 Å². The molecule has 3 aromatic rings. The van der Waals surface area contributed by atoms with E-state index in [-0.39, 0.29) is 12.5 Å². The molecule has 0 unspecified atom stereocenters. The minimum Gasteiger partial charge on any atom is -0.548 e. The van der Waals surface area contributed by atoms with Crippen molar-refractivity contribution in [3.63, 3.8) is 0 Å². The number of benzene rings is 3. The fourth-order valence-corrected chi connectivity index (χ4v) is 3.68. The Kier molecular flexibility index (Phi) is 4.81. The normalized spacial score (nSPS) is 13.3. The summed E-state index contributed by atoms with van der Waals surface area (Å²) >= 11 is 0. The molecule has 0 fully saturated rings. The Morgan fingerprint density at radius 1 is 0.857 bits per heavy atom. The van der Waals surface area contributed by atoms with Crippen molar-refractivity contribution in [1.82, 2.24) is 5.32 Å². The highest BCUT2D eigenvalue weighted by molar-refractivity contribution is 5.81. The number of nitrogens with one attached hydrogen (secondary N) is 1. The number of aliphatic carboxylic acids is 1. The first-order valence-corrected chi connectivity index (χ1v) is 9.02. The molecule has 0 saturated heterocycles. The lowest BCUT2D eigenvalue weighted by molar-refractivity contribution is -0.308. The van der Waals surface area contributed by atoms with E-state index >= 15 is 0 Å². The molecular formula is C23H18NO4-. The molecule has 1 aliphatic carbocycles. The number of ether oxygens (including phenoxy) is 1. The summed E-state index contributed by atoms with van der Waals surface area (Å²) in [6, 6.07) is 23.2. The van der Waals surface area contributed by atoms with Gasteiger partial charge in [0.2, 0.25) is 0 Å². The Hall–Kier alpha value is -3.60. The lowest BCUT2D eigenvalue weighted by Gasteiger charge is -2.21. The van der Waals surface area contributed by atoms with Crippen molar-refractivity contribution >= 4 is 12.1 Å². The Morgan fingerprint density at radius 3 is 1.96 bits per heavy atom. The van der Waals surface area contributed by atoms with Crippen LogP contribution in [-0.4, -0.2) is 18.7 Å². The van der Waals surface area contributed by atoms with Crippen LogP contribution >= 0.6 is 0 Å². The number of carboxylic acid groups (broad SMARTS) is 1. The molecule has 1 N–H and O–H groups in total. The molecule has 0 spiro atoms. The van der Waals surface area contributed by atoms with Crippen LogP contribution in [0.15, 0.2) is 78.9 Å². The van der Waals surface area contributed by atoms with Crippen LogP contribution in [0, 0.1) is 0 Å². The zero-order chi connectivity index (χ0) is 19.5. The molecule has 0 aromatic heterocycles. The maximum absolute atomic E-state index is 12.3. The van der Waals surface area contributed by atoms with E-state index in [1.165, 1.54) is 0 Å². The molecule has 28 heavy (non-hydrogen) atoms. The summed E-state index contributed by atoms with van der Waals surface area (Å²) in [5, 5.41) is 13.8. The molecule has 0 radical (unpaired) electrons. The highest BCUT2D eigenvalue weighted by Crippen LogP contribution is 2.44. The van der Waals surface area contributed by atoms with Gasteiger partial charge in [-0.15, -0.1) is 0 Å². The summed E-state index contributed by atoms with van der Waals surface area (Å²) in [5.41, 5.74) is 4.87. The molecule has 5 heteroatoms. The molecule has 0 bridgehead atoms. The van der Waals surface area contributed by atoms with Crippen molar-refractivity contribution in [2.45, 2.75) is 12.0 Å². The first-order valence-electron chi connectivity index (χ1n) is 9.02. The molecule has 1 aliphatic rings. The third kappa shape index (κ3) is 3.34. The van der Waals surface area contributed by atoms with E-state index in [0.717, 1.165) is 22.3 Å². The summed E-state index contributed by atoms with van der Waals surface area (Å²) in [4.78, 5) is 23.7. The van der Waals surface area contributed by atoms with Crippen molar-refractivity contribution in [1.29, 1.82) is 0 Å². The molecule has 1 amide bonds. The van der Waals surface area contributed by atoms with E-state index in [9.17, 15) is 14.7 Å². The molecule has 0 heterocycles. The highest BCUT2D eigenvalue weighted by atomic mass is 16.5. The van der Waals surface area contributed by atoms with Gasteiger partial charge in [-0.05, 0) is 27.8 Å². The number of carbonyl (C=O) groups is 2. The number of hydrogen-bond acceptors (Lipinski definition) is 4. The monoisotopic (exact) mass is 372 g/mol. The van der Waals surface area contributed by atoms with Gasteiger partial charge in [-0.2, -0.15) is 0 Å². The summed E-state index contributed by atoms with van der Waals surface area (Å²) in [5.74, 6) is -1.48. The quantitative estimate of drug-likeness (QED) is 0.747. The molecule has 1 atom stereocenters. The van der Waals surface area contributed by atoms with E-state index in [4.69, 9.17) is 4.74 Å². The number of hydrogen-bond donors (Lipinski definition) is 1. The Balaban J connectivity index is 1.49. The number of alkyl carbamates (subject to hydrolysis) is 1. The SMILES string of the molecule is O=C(N[C@H](C(=O)[O-])c1ccccc1)OCC1c2ccccc2-c2ccccc21. The van der Waals surface area contributed by atoms with Gasteiger partial charge in [0.15, 0.2) is 0 Å². The third-order valence-electron chi connectivity index (χ3n) is 4.97. The second-order valence-corrected chi connectivity index (χ2v) is 6.63. The predicted octanol–water partition coefficient (Wildman–Crippen LogP) is 3.02. The highest BCUT2D eigenvalue weighted by Gasteiger charge is 2.29. The van der Waals surface area contributed by atoms with Crippen LogP contribution in [0.4, 0.5) is 4.79 Å².